The summed E-state index contributed by atoms with van der Waals surface area (Å²) in [4.78, 5) is 4.47. The van der Waals surface area contributed by atoms with Gasteiger partial charge in [-0.3, -0.25) is 0 Å². The van der Waals surface area contributed by atoms with Gasteiger partial charge in [-0.1, -0.05) is 13.8 Å². The van der Waals surface area contributed by atoms with Crippen LogP contribution in [0.1, 0.15) is 44.9 Å². The van der Waals surface area contributed by atoms with Crippen LogP contribution in [0.5, 0.6) is 0 Å². The van der Waals surface area contributed by atoms with Gasteiger partial charge in [0.2, 0.25) is 0 Å². The highest BCUT2D eigenvalue weighted by molar-refractivity contribution is 6.20. The van der Waals surface area contributed by atoms with Gasteiger partial charge in [0.15, 0.2) is 0 Å². The van der Waals surface area contributed by atoms with Gasteiger partial charge in [0.25, 0.3) is 0 Å². The SMILES string of the molecule is CC(Cl)c1nc2cc(F)ccc2n1C(C)C(C)C. The van der Waals surface area contributed by atoms with E-state index in [1.54, 1.807) is 6.07 Å². The van der Waals surface area contributed by atoms with Crippen molar-refractivity contribution in [1.29, 1.82) is 0 Å². The highest BCUT2D eigenvalue weighted by Crippen LogP contribution is 2.31. The molecule has 2 nitrogen and oxygen atoms in total. The Morgan fingerprint density at radius 1 is 1.22 bits per heavy atom. The maximum atomic E-state index is 13.3. The van der Waals surface area contributed by atoms with Crippen molar-refractivity contribution in [3.8, 4) is 0 Å². The first-order valence-electron chi connectivity index (χ1n) is 6.23. The molecule has 1 aromatic carbocycles. The Bertz CT molecular complexity index is 560. The minimum Gasteiger partial charge on any atom is -0.324 e. The van der Waals surface area contributed by atoms with Gasteiger partial charge in [-0.25, -0.2) is 9.37 Å². The molecule has 0 amide bonds. The van der Waals surface area contributed by atoms with Crippen LogP contribution in [-0.2, 0) is 0 Å². The molecule has 2 rings (SSSR count). The Hall–Kier alpha value is -1.09. The van der Waals surface area contributed by atoms with Gasteiger partial charge in [-0.2, -0.15) is 0 Å². The first-order valence-corrected chi connectivity index (χ1v) is 6.67. The Labute approximate surface area is 112 Å². The fourth-order valence-corrected chi connectivity index (χ4v) is 2.25. The molecule has 0 bridgehead atoms. The number of benzene rings is 1. The minimum absolute atomic E-state index is 0.193. The molecule has 0 saturated heterocycles. The molecule has 0 N–H and O–H groups in total. The summed E-state index contributed by atoms with van der Waals surface area (Å²) in [5.41, 5.74) is 1.62. The average Bonchev–Trinajstić information content (AvgIpc) is 2.66. The quantitative estimate of drug-likeness (QED) is 0.738. The summed E-state index contributed by atoms with van der Waals surface area (Å²) in [6.07, 6.45) is 0. The van der Waals surface area contributed by atoms with Crippen LogP contribution in [0, 0.1) is 11.7 Å². The number of halogens is 2. The third-order valence-corrected chi connectivity index (χ3v) is 3.60. The molecule has 0 aliphatic carbocycles. The van der Waals surface area contributed by atoms with Gasteiger partial charge < -0.3 is 4.57 Å². The third-order valence-electron chi connectivity index (χ3n) is 3.41. The number of aromatic nitrogens is 2. The lowest BCUT2D eigenvalue weighted by molar-refractivity contribution is 0.405. The predicted octanol–water partition coefficient (Wildman–Crippen LogP) is 4.69. The molecule has 1 aromatic heterocycles. The van der Waals surface area contributed by atoms with Crippen LogP contribution in [0.25, 0.3) is 11.0 Å². The first-order chi connectivity index (χ1) is 8.41. The van der Waals surface area contributed by atoms with E-state index in [1.165, 1.54) is 12.1 Å². The largest absolute Gasteiger partial charge is 0.324 e. The zero-order valence-electron chi connectivity index (χ0n) is 11.1. The lowest BCUT2D eigenvalue weighted by Gasteiger charge is -2.21. The summed E-state index contributed by atoms with van der Waals surface area (Å²) in [5, 5.41) is -0.193. The van der Waals surface area contributed by atoms with Crippen molar-refractivity contribution < 1.29 is 4.39 Å². The first kappa shape index (κ1) is 13.3. The maximum Gasteiger partial charge on any atom is 0.127 e. The summed E-state index contributed by atoms with van der Waals surface area (Å²) in [5.74, 6) is 0.998. The third kappa shape index (κ3) is 2.24. The normalized spacial score (nSPS) is 15.3. The molecule has 1 heterocycles. The topological polar surface area (TPSA) is 17.8 Å². The molecule has 0 spiro atoms. The Balaban J connectivity index is 2.70. The minimum atomic E-state index is -0.266. The van der Waals surface area contributed by atoms with Crippen LogP contribution >= 0.6 is 11.6 Å². The molecule has 0 aliphatic heterocycles. The van der Waals surface area contributed by atoms with Crippen molar-refractivity contribution in [2.45, 2.75) is 39.1 Å². The van der Waals surface area contributed by atoms with Crippen LogP contribution in [0.2, 0.25) is 0 Å². The average molecular weight is 269 g/mol. The molecule has 2 aromatic rings. The number of hydrogen-bond donors (Lipinski definition) is 0. The van der Waals surface area contributed by atoms with Gasteiger partial charge >= 0.3 is 0 Å². The lowest BCUT2D eigenvalue weighted by atomic mass is 10.1. The molecule has 2 unspecified atom stereocenters. The van der Waals surface area contributed by atoms with Crippen molar-refractivity contribution in [3.63, 3.8) is 0 Å². The molecule has 2 atom stereocenters. The Morgan fingerprint density at radius 3 is 2.44 bits per heavy atom. The Kier molecular flexibility index (Phi) is 3.62. The van der Waals surface area contributed by atoms with Crippen LogP contribution in [0.15, 0.2) is 18.2 Å². The number of hydrogen-bond acceptors (Lipinski definition) is 1. The van der Waals surface area contributed by atoms with E-state index in [4.69, 9.17) is 11.6 Å². The predicted molar refractivity (Wildman–Crippen MR) is 73.5 cm³/mol. The molecular weight excluding hydrogens is 251 g/mol. The number of alkyl halides is 1. The maximum absolute atomic E-state index is 13.3. The second-order valence-corrected chi connectivity index (χ2v) is 5.73. The summed E-state index contributed by atoms with van der Waals surface area (Å²) >= 11 is 6.19. The molecule has 0 radical (unpaired) electrons. The van der Waals surface area contributed by atoms with Gasteiger partial charge in [0.05, 0.1) is 16.4 Å². The van der Waals surface area contributed by atoms with Gasteiger partial charge in [0.1, 0.15) is 11.6 Å². The molecule has 0 saturated carbocycles. The smallest absolute Gasteiger partial charge is 0.127 e. The second kappa shape index (κ2) is 4.88. The van der Waals surface area contributed by atoms with Gasteiger partial charge in [-0.05, 0) is 31.9 Å². The van der Waals surface area contributed by atoms with Crippen molar-refractivity contribution in [3.05, 3.63) is 29.8 Å². The fraction of sp³-hybridized carbons (Fsp3) is 0.500. The van der Waals surface area contributed by atoms with Crippen LogP contribution in [0.3, 0.4) is 0 Å². The van der Waals surface area contributed by atoms with Crippen molar-refractivity contribution in [2.75, 3.05) is 0 Å². The summed E-state index contributed by atoms with van der Waals surface area (Å²) in [7, 11) is 0. The summed E-state index contributed by atoms with van der Waals surface area (Å²) < 4.78 is 15.4. The zero-order chi connectivity index (χ0) is 13.4. The highest BCUT2D eigenvalue weighted by Gasteiger charge is 2.21. The molecular formula is C14H18ClFN2. The second-order valence-electron chi connectivity index (χ2n) is 5.07. The number of rotatable bonds is 3. The van der Waals surface area contributed by atoms with E-state index in [9.17, 15) is 4.39 Å². The molecule has 98 valence electrons. The number of fused-ring (bicyclic) bond motifs is 1. The van der Waals surface area contributed by atoms with E-state index in [0.29, 0.717) is 11.4 Å². The Morgan fingerprint density at radius 2 is 1.89 bits per heavy atom. The number of nitrogens with zero attached hydrogens (tertiary/aromatic N) is 2. The molecule has 4 heteroatoms. The lowest BCUT2D eigenvalue weighted by Crippen LogP contribution is -2.14. The van der Waals surface area contributed by atoms with Gasteiger partial charge in [0, 0.05) is 12.1 Å². The van der Waals surface area contributed by atoms with E-state index in [2.05, 4.69) is 30.3 Å². The molecule has 18 heavy (non-hydrogen) atoms. The van der Waals surface area contributed by atoms with E-state index in [0.717, 1.165) is 11.3 Å². The van der Waals surface area contributed by atoms with Gasteiger partial charge in [-0.15, -0.1) is 11.6 Å². The van der Waals surface area contributed by atoms with Crippen LogP contribution < -0.4 is 0 Å². The summed E-state index contributed by atoms with van der Waals surface area (Å²) in [6, 6.07) is 4.98. The van der Waals surface area contributed by atoms with Crippen LogP contribution in [-0.4, -0.2) is 9.55 Å². The zero-order valence-corrected chi connectivity index (χ0v) is 11.9. The molecule has 0 aliphatic rings. The van der Waals surface area contributed by atoms with Crippen molar-refractivity contribution in [1.82, 2.24) is 9.55 Å². The monoisotopic (exact) mass is 268 g/mol. The fourth-order valence-electron chi connectivity index (χ4n) is 2.10. The van der Waals surface area contributed by atoms with E-state index in [-0.39, 0.29) is 17.2 Å². The molecule has 0 fully saturated rings. The number of imidazole rings is 1. The van der Waals surface area contributed by atoms with Crippen molar-refractivity contribution in [2.24, 2.45) is 5.92 Å². The van der Waals surface area contributed by atoms with Crippen LogP contribution in [0.4, 0.5) is 4.39 Å². The van der Waals surface area contributed by atoms with E-state index < -0.39 is 0 Å². The summed E-state index contributed by atoms with van der Waals surface area (Å²) in [6.45, 7) is 8.34. The van der Waals surface area contributed by atoms with E-state index in [1.807, 2.05) is 6.92 Å². The van der Waals surface area contributed by atoms with Crippen molar-refractivity contribution >= 4 is 22.6 Å². The highest BCUT2D eigenvalue weighted by atomic mass is 35.5. The standard InChI is InChI=1S/C14H18ClFN2/c1-8(2)10(4)18-13-6-5-11(16)7-12(13)17-14(18)9(3)15/h5-10H,1-4H3. The van der Waals surface area contributed by atoms with E-state index >= 15 is 0 Å².